The summed E-state index contributed by atoms with van der Waals surface area (Å²) in [7, 11) is 0. The molecule has 1 aliphatic rings. The van der Waals surface area contributed by atoms with Crippen LogP contribution in [0.2, 0.25) is 0 Å². The molecule has 0 spiro atoms. The van der Waals surface area contributed by atoms with Crippen molar-refractivity contribution in [3.8, 4) is 17.3 Å². The summed E-state index contributed by atoms with van der Waals surface area (Å²) in [4.78, 5) is 17.2. The SMILES string of the molecule is O=C1Nc2cccc(n2)-c2nncn2C/C=C/COc2ccc(Br)cc21. The lowest BCUT2D eigenvalue weighted by molar-refractivity contribution is 0.102. The van der Waals surface area contributed by atoms with Crippen LogP contribution in [0.3, 0.4) is 0 Å². The molecular formula is C18H14BrN5O2. The first-order valence-corrected chi connectivity index (χ1v) is 8.74. The van der Waals surface area contributed by atoms with Crippen molar-refractivity contribution in [1.82, 2.24) is 19.7 Å². The Morgan fingerprint density at radius 3 is 3.04 bits per heavy atom. The second-order valence-corrected chi connectivity index (χ2v) is 6.51. The van der Waals surface area contributed by atoms with Crippen LogP contribution in [0.25, 0.3) is 11.5 Å². The number of amides is 1. The Morgan fingerprint density at radius 1 is 1.19 bits per heavy atom. The van der Waals surface area contributed by atoms with Gasteiger partial charge in [0.15, 0.2) is 5.82 Å². The van der Waals surface area contributed by atoms with Gasteiger partial charge >= 0.3 is 0 Å². The Bertz CT molecular complexity index is 999. The molecule has 0 aliphatic carbocycles. The molecule has 3 heterocycles. The Balaban J connectivity index is 1.78. The molecule has 0 saturated heterocycles. The van der Waals surface area contributed by atoms with Crippen molar-refractivity contribution in [1.29, 1.82) is 0 Å². The third kappa shape index (κ3) is 3.36. The zero-order valence-corrected chi connectivity index (χ0v) is 15.2. The summed E-state index contributed by atoms with van der Waals surface area (Å²) in [5, 5.41) is 10.9. The van der Waals surface area contributed by atoms with Crippen LogP contribution in [0.15, 0.2) is 59.4 Å². The van der Waals surface area contributed by atoms with Crippen LogP contribution < -0.4 is 10.1 Å². The largest absolute Gasteiger partial charge is 0.489 e. The third-order valence-corrected chi connectivity index (χ3v) is 4.32. The lowest BCUT2D eigenvalue weighted by Crippen LogP contribution is -2.15. The summed E-state index contributed by atoms with van der Waals surface area (Å²) in [5.41, 5.74) is 1.07. The molecule has 0 unspecified atom stereocenters. The normalized spacial score (nSPS) is 15.0. The van der Waals surface area contributed by atoms with E-state index in [1.54, 1.807) is 24.5 Å². The highest BCUT2D eigenvalue weighted by molar-refractivity contribution is 9.10. The van der Waals surface area contributed by atoms with Crippen LogP contribution in [-0.4, -0.2) is 32.3 Å². The number of carbonyl (C=O) groups is 1. The van der Waals surface area contributed by atoms with Crippen molar-refractivity contribution in [2.75, 3.05) is 11.9 Å². The first kappa shape index (κ1) is 16.5. The summed E-state index contributed by atoms with van der Waals surface area (Å²) in [5.74, 6) is 1.27. The molecular weight excluding hydrogens is 398 g/mol. The maximum atomic E-state index is 12.7. The van der Waals surface area contributed by atoms with Gasteiger partial charge in [0.25, 0.3) is 5.91 Å². The molecule has 0 radical (unpaired) electrons. The van der Waals surface area contributed by atoms with Gasteiger partial charge in [-0.05, 0) is 36.4 Å². The number of allylic oxidation sites excluding steroid dienone is 1. The molecule has 2 bridgehead atoms. The van der Waals surface area contributed by atoms with Crippen LogP contribution in [0, 0.1) is 0 Å². The average Bonchev–Trinajstić information content (AvgIpc) is 3.10. The predicted molar refractivity (Wildman–Crippen MR) is 100.0 cm³/mol. The summed E-state index contributed by atoms with van der Waals surface area (Å²) in [6.45, 7) is 0.945. The van der Waals surface area contributed by atoms with E-state index < -0.39 is 0 Å². The highest BCUT2D eigenvalue weighted by atomic mass is 79.9. The summed E-state index contributed by atoms with van der Waals surface area (Å²) < 4.78 is 8.42. The van der Waals surface area contributed by atoms with Crippen LogP contribution in [0.1, 0.15) is 10.4 Å². The number of ether oxygens (including phenoxy) is 1. The fourth-order valence-corrected chi connectivity index (χ4v) is 2.96. The van der Waals surface area contributed by atoms with Crippen LogP contribution >= 0.6 is 15.9 Å². The number of halogens is 1. The number of anilines is 1. The second-order valence-electron chi connectivity index (χ2n) is 5.59. The highest BCUT2D eigenvalue weighted by Crippen LogP contribution is 2.25. The minimum Gasteiger partial charge on any atom is -0.489 e. The Hall–Kier alpha value is -3.00. The van der Waals surface area contributed by atoms with Crippen LogP contribution in [-0.2, 0) is 6.54 Å². The highest BCUT2D eigenvalue weighted by Gasteiger charge is 2.16. The molecule has 1 N–H and O–H groups in total. The molecule has 0 fully saturated rings. The predicted octanol–water partition coefficient (Wildman–Crippen LogP) is 3.30. The number of nitrogens with zero attached hydrogens (tertiary/aromatic N) is 4. The van der Waals surface area contributed by atoms with Crippen molar-refractivity contribution >= 4 is 27.7 Å². The summed E-state index contributed by atoms with van der Waals surface area (Å²) in [6, 6.07) is 10.7. The molecule has 130 valence electrons. The molecule has 2 aromatic heterocycles. The van der Waals surface area contributed by atoms with Gasteiger partial charge in [-0.2, -0.15) is 0 Å². The van der Waals surface area contributed by atoms with Gasteiger partial charge in [0.05, 0.1) is 5.56 Å². The van der Waals surface area contributed by atoms with Gasteiger partial charge in [0.1, 0.15) is 30.2 Å². The number of hydrogen-bond donors (Lipinski definition) is 1. The van der Waals surface area contributed by atoms with E-state index in [9.17, 15) is 4.79 Å². The molecule has 3 aromatic rings. The topological polar surface area (TPSA) is 81.9 Å². The van der Waals surface area contributed by atoms with E-state index in [0.29, 0.717) is 41.8 Å². The monoisotopic (exact) mass is 411 g/mol. The van der Waals surface area contributed by atoms with Crippen molar-refractivity contribution < 1.29 is 9.53 Å². The van der Waals surface area contributed by atoms with Gasteiger partial charge < -0.3 is 14.6 Å². The van der Waals surface area contributed by atoms with E-state index in [2.05, 4.69) is 36.4 Å². The molecule has 1 amide bonds. The molecule has 26 heavy (non-hydrogen) atoms. The van der Waals surface area contributed by atoms with Crippen LogP contribution in [0.5, 0.6) is 5.75 Å². The minimum atomic E-state index is -0.298. The fourth-order valence-electron chi connectivity index (χ4n) is 2.60. The smallest absolute Gasteiger partial charge is 0.260 e. The van der Waals surface area contributed by atoms with E-state index in [4.69, 9.17) is 4.74 Å². The van der Waals surface area contributed by atoms with E-state index in [-0.39, 0.29) is 5.91 Å². The third-order valence-electron chi connectivity index (χ3n) is 3.83. The van der Waals surface area contributed by atoms with Gasteiger partial charge in [-0.3, -0.25) is 4.79 Å². The standard InChI is InChI=1S/C18H14BrN5O2/c19-12-6-7-15-13(10-12)18(25)22-16-5-3-4-14(21-16)17-23-20-11-24(17)8-1-2-9-26-15/h1-7,10-11H,8-9H2,(H,21,22,25)/b2-1+. The molecule has 4 rings (SSSR count). The van der Waals surface area contributed by atoms with Gasteiger partial charge in [0, 0.05) is 11.0 Å². The quantitative estimate of drug-likeness (QED) is 0.573. The van der Waals surface area contributed by atoms with Gasteiger partial charge in [-0.25, -0.2) is 4.98 Å². The molecule has 7 nitrogen and oxygen atoms in total. The number of rotatable bonds is 0. The fraction of sp³-hybridized carbons (Fsp3) is 0.111. The molecule has 0 saturated carbocycles. The molecule has 8 heteroatoms. The number of hydrogen-bond acceptors (Lipinski definition) is 5. The molecule has 1 aromatic carbocycles. The molecule has 1 aliphatic heterocycles. The number of pyridine rings is 1. The summed E-state index contributed by atoms with van der Waals surface area (Å²) in [6.07, 6.45) is 5.50. The summed E-state index contributed by atoms with van der Waals surface area (Å²) >= 11 is 3.39. The van der Waals surface area contributed by atoms with Crippen molar-refractivity contribution in [3.63, 3.8) is 0 Å². The number of carbonyl (C=O) groups excluding carboxylic acids is 1. The van der Waals surface area contributed by atoms with Gasteiger partial charge in [-0.15, -0.1) is 10.2 Å². The minimum absolute atomic E-state index is 0.298. The maximum absolute atomic E-state index is 12.7. The van der Waals surface area contributed by atoms with Crippen molar-refractivity contribution in [2.24, 2.45) is 0 Å². The Labute approximate surface area is 157 Å². The number of nitrogens with one attached hydrogen (secondary N) is 1. The average molecular weight is 412 g/mol. The zero-order valence-electron chi connectivity index (χ0n) is 13.6. The van der Waals surface area contributed by atoms with Crippen molar-refractivity contribution in [3.05, 3.63) is 64.9 Å². The first-order chi connectivity index (χ1) is 12.7. The van der Waals surface area contributed by atoms with Gasteiger partial charge in [0.2, 0.25) is 0 Å². The van der Waals surface area contributed by atoms with Crippen LogP contribution in [0.4, 0.5) is 5.82 Å². The van der Waals surface area contributed by atoms with E-state index in [1.807, 2.05) is 34.9 Å². The van der Waals surface area contributed by atoms with E-state index in [1.165, 1.54) is 0 Å². The number of benzene rings is 1. The van der Waals surface area contributed by atoms with E-state index in [0.717, 1.165) is 4.47 Å². The van der Waals surface area contributed by atoms with Gasteiger partial charge in [-0.1, -0.05) is 28.1 Å². The lowest BCUT2D eigenvalue weighted by atomic mass is 10.2. The van der Waals surface area contributed by atoms with Crippen molar-refractivity contribution in [2.45, 2.75) is 6.54 Å². The Morgan fingerprint density at radius 2 is 2.12 bits per heavy atom. The molecule has 0 atom stereocenters. The zero-order chi connectivity index (χ0) is 17.9. The maximum Gasteiger partial charge on any atom is 0.260 e. The second kappa shape index (κ2) is 7.09. The number of aromatic nitrogens is 4. The first-order valence-electron chi connectivity index (χ1n) is 7.94. The number of fused-ring (bicyclic) bond motifs is 5. The lowest BCUT2D eigenvalue weighted by Gasteiger charge is -2.12. The Kier molecular flexibility index (Phi) is 4.49. The van der Waals surface area contributed by atoms with E-state index >= 15 is 0 Å².